The fourth-order valence-electron chi connectivity index (χ4n) is 4.24. The monoisotopic (exact) mass is 477 g/mol. The first-order chi connectivity index (χ1) is 16.9. The maximum atomic E-state index is 12.3. The summed E-state index contributed by atoms with van der Waals surface area (Å²) in [4.78, 5) is 35.2. The number of aliphatic carboxylic acids is 1. The molecule has 0 saturated heterocycles. The summed E-state index contributed by atoms with van der Waals surface area (Å²) >= 11 is 0. The Morgan fingerprint density at radius 1 is 1.09 bits per heavy atom. The third-order valence-corrected chi connectivity index (χ3v) is 5.95. The van der Waals surface area contributed by atoms with Crippen LogP contribution in [-0.2, 0) is 16.1 Å². The molecule has 1 heterocycles. The number of benzene rings is 2. The van der Waals surface area contributed by atoms with E-state index in [1.54, 1.807) is 6.92 Å². The first-order valence-corrected chi connectivity index (χ1v) is 11.5. The fourth-order valence-corrected chi connectivity index (χ4v) is 4.24. The van der Waals surface area contributed by atoms with Crippen molar-refractivity contribution in [2.24, 2.45) is 0 Å². The predicted octanol–water partition coefficient (Wildman–Crippen LogP) is 4.09. The van der Waals surface area contributed by atoms with E-state index in [0.29, 0.717) is 18.6 Å². The zero-order valence-electron chi connectivity index (χ0n) is 19.3. The number of carboxylic acids is 1. The van der Waals surface area contributed by atoms with Crippen LogP contribution in [-0.4, -0.2) is 40.9 Å². The van der Waals surface area contributed by atoms with Crippen LogP contribution in [0.4, 0.5) is 4.79 Å². The Morgan fingerprint density at radius 3 is 2.40 bits per heavy atom. The lowest BCUT2D eigenvalue weighted by Crippen LogP contribution is -2.32. The summed E-state index contributed by atoms with van der Waals surface area (Å²) in [6, 6.07) is 17.4. The second-order valence-electron chi connectivity index (χ2n) is 8.52. The van der Waals surface area contributed by atoms with Crippen LogP contribution in [0.2, 0.25) is 0 Å². The van der Waals surface area contributed by atoms with Gasteiger partial charge in [-0.05, 0) is 42.0 Å². The smallest absolute Gasteiger partial charge is 0.407 e. The summed E-state index contributed by atoms with van der Waals surface area (Å²) in [5.74, 6) is -1.02. The molecule has 1 atom stereocenters. The summed E-state index contributed by atoms with van der Waals surface area (Å²) in [6.45, 7) is 2.01. The molecule has 1 aliphatic rings. The fraction of sp³-hybridized carbons (Fsp3) is 0.308. The molecule has 2 amide bonds. The van der Waals surface area contributed by atoms with Crippen LogP contribution in [0, 0.1) is 0 Å². The molecule has 182 valence electrons. The zero-order chi connectivity index (χ0) is 24.8. The lowest BCUT2D eigenvalue weighted by Gasteiger charge is -2.14. The number of hydrogen-bond donors (Lipinski definition) is 3. The number of carboxylic acid groups (broad SMARTS) is 1. The molecule has 35 heavy (non-hydrogen) atoms. The first-order valence-electron chi connectivity index (χ1n) is 11.5. The minimum Gasteiger partial charge on any atom is -0.481 e. The van der Waals surface area contributed by atoms with Gasteiger partial charge in [0.05, 0.1) is 6.54 Å². The van der Waals surface area contributed by atoms with Gasteiger partial charge in [0.25, 0.3) is 5.91 Å². The van der Waals surface area contributed by atoms with E-state index >= 15 is 0 Å². The number of amides is 2. The van der Waals surface area contributed by atoms with Gasteiger partial charge in [-0.2, -0.15) is 0 Å². The van der Waals surface area contributed by atoms with Crippen LogP contribution in [0.25, 0.3) is 11.1 Å². The molecule has 0 saturated carbocycles. The number of rotatable bonds is 10. The second kappa shape index (κ2) is 10.9. The number of alkyl carbamates (subject to hydrolysis) is 1. The van der Waals surface area contributed by atoms with E-state index in [1.165, 1.54) is 6.07 Å². The van der Waals surface area contributed by atoms with Crippen molar-refractivity contribution in [2.75, 3.05) is 6.61 Å². The molecule has 2 aromatic carbocycles. The summed E-state index contributed by atoms with van der Waals surface area (Å²) in [5, 5.41) is 17.8. The van der Waals surface area contributed by atoms with E-state index in [1.807, 2.05) is 24.3 Å². The summed E-state index contributed by atoms with van der Waals surface area (Å²) in [7, 11) is 0. The average Bonchev–Trinajstić information content (AvgIpc) is 3.44. The molecule has 1 unspecified atom stereocenters. The molecular formula is C26H27N3O6. The van der Waals surface area contributed by atoms with Crippen molar-refractivity contribution in [2.45, 2.75) is 44.7 Å². The molecule has 0 aliphatic heterocycles. The largest absolute Gasteiger partial charge is 0.481 e. The van der Waals surface area contributed by atoms with Crippen LogP contribution >= 0.6 is 0 Å². The highest BCUT2D eigenvalue weighted by Gasteiger charge is 2.29. The molecule has 4 rings (SSSR count). The van der Waals surface area contributed by atoms with E-state index < -0.39 is 18.0 Å². The van der Waals surface area contributed by atoms with Crippen LogP contribution < -0.4 is 10.6 Å². The van der Waals surface area contributed by atoms with Crippen LogP contribution in [0.3, 0.4) is 0 Å². The SMILES string of the molecule is CC(CCCC(=O)O)NC(=O)c1cc(CNC(=O)OCC2c3ccccc3-c3ccccc32)on1. The normalized spacial score (nSPS) is 12.9. The first kappa shape index (κ1) is 24.0. The summed E-state index contributed by atoms with van der Waals surface area (Å²) in [6.07, 6.45) is 0.452. The van der Waals surface area contributed by atoms with Crippen molar-refractivity contribution in [3.63, 3.8) is 0 Å². The molecule has 1 aromatic heterocycles. The lowest BCUT2D eigenvalue weighted by molar-refractivity contribution is -0.137. The number of nitrogens with zero attached hydrogens (tertiary/aromatic N) is 1. The highest BCUT2D eigenvalue weighted by Crippen LogP contribution is 2.44. The second-order valence-corrected chi connectivity index (χ2v) is 8.52. The number of nitrogens with one attached hydrogen (secondary N) is 2. The highest BCUT2D eigenvalue weighted by atomic mass is 16.5. The van der Waals surface area contributed by atoms with E-state index in [0.717, 1.165) is 22.3 Å². The Labute approximate surface area is 202 Å². The van der Waals surface area contributed by atoms with E-state index in [-0.39, 0.29) is 37.2 Å². The molecule has 0 fully saturated rings. The molecular weight excluding hydrogens is 450 g/mol. The third kappa shape index (κ3) is 5.87. The van der Waals surface area contributed by atoms with Gasteiger partial charge in [0.2, 0.25) is 0 Å². The maximum Gasteiger partial charge on any atom is 0.407 e. The van der Waals surface area contributed by atoms with Gasteiger partial charge >= 0.3 is 12.1 Å². The van der Waals surface area contributed by atoms with Gasteiger partial charge in [-0.25, -0.2) is 4.79 Å². The van der Waals surface area contributed by atoms with Crippen molar-refractivity contribution in [1.82, 2.24) is 15.8 Å². The van der Waals surface area contributed by atoms with Gasteiger partial charge in [-0.1, -0.05) is 53.7 Å². The van der Waals surface area contributed by atoms with E-state index in [9.17, 15) is 14.4 Å². The number of carbonyl (C=O) groups is 3. The van der Waals surface area contributed by atoms with E-state index in [4.69, 9.17) is 14.4 Å². The number of fused-ring (bicyclic) bond motifs is 3. The van der Waals surface area contributed by atoms with Crippen molar-refractivity contribution in [3.8, 4) is 11.1 Å². The number of carbonyl (C=O) groups excluding carboxylic acids is 2. The summed E-state index contributed by atoms with van der Waals surface area (Å²) in [5.41, 5.74) is 4.65. The maximum absolute atomic E-state index is 12.3. The minimum absolute atomic E-state index is 0.0190. The Balaban J connectivity index is 1.25. The van der Waals surface area contributed by atoms with Gasteiger partial charge in [0.15, 0.2) is 11.5 Å². The Kier molecular flexibility index (Phi) is 7.45. The number of ether oxygens (including phenoxy) is 1. The molecule has 0 radical (unpaired) electrons. The van der Waals surface area contributed by atoms with Crippen LogP contribution in [0.15, 0.2) is 59.1 Å². The molecule has 9 heteroatoms. The van der Waals surface area contributed by atoms with Crippen LogP contribution in [0.5, 0.6) is 0 Å². The topological polar surface area (TPSA) is 131 Å². The van der Waals surface area contributed by atoms with Crippen molar-refractivity contribution >= 4 is 18.0 Å². The number of aromatic nitrogens is 1. The quantitative estimate of drug-likeness (QED) is 0.401. The predicted molar refractivity (Wildman–Crippen MR) is 127 cm³/mol. The Bertz CT molecular complexity index is 1180. The molecule has 3 N–H and O–H groups in total. The Hall–Kier alpha value is -4.14. The van der Waals surface area contributed by atoms with Crippen LogP contribution in [0.1, 0.15) is 59.5 Å². The standard InChI is InChI=1S/C26H27N3O6/c1-16(7-6-12-24(30)31)28-25(32)23-13-17(35-29-23)14-27-26(33)34-15-22-20-10-4-2-8-18(20)19-9-3-5-11-21(19)22/h2-5,8-11,13,16,22H,6-7,12,14-15H2,1H3,(H,27,33)(H,28,32)(H,30,31). The van der Waals surface area contributed by atoms with Gasteiger partial charge in [0.1, 0.15) is 6.61 Å². The molecule has 0 bridgehead atoms. The molecule has 3 aromatic rings. The van der Waals surface area contributed by atoms with E-state index in [2.05, 4.69) is 40.1 Å². The van der Waals surface area contributed by atoms with Crippen molar-refractivity contribution in [3.05, 3.63) is 77.2 Å². The average molecular weight is 478 g/mol. The third-order valence-electron chi connectivity index (χ3n) is 5.95. The van der Waals surface area contributed by atoms with Gasteiger partial charge < -0.3 is 25.0 Å². The highest BCUT2D eigenvalue weighted by molar-refractivity contribution is 5.92. The van der Waals surface area contributed by atoms with Crippen molar-refractivity contribution in [1.29, 1.82) is 0 Å². The van der Waals surface area contributed by atoms with Gasteiger partial charge in [0, 0.05) is 24.4 Å². The van der Waals surface area contributed by atoms with Gasteiger partial charge in [-0.15, -0.1) is 0 Å². The summed E-state index contributed by atoms with van der Waals surface area (Å²) < 4.78 is 10.6. The molecule has 1 aliphatic carbocycles. The molecule has 9 nitrogen and oxygen atoms in total. The van der Waals surface area contributed by atoms with Gasteiger partial charge in [-0.3, -0.25) is 9.59 Å². The number of hydrogen-bond acceptors (Lipinski definition) is 6. The van der Waals surface area contributed by atoms with Crippen molar-refractivity contribution < 1.29 is 28.8 Å². The lowest BCUT2D eigenvalue weighted by atomic mass is 9.98. The Morgan fingerprint density at radius 2 is 1.74 bits per heavy atom. The molecule has 0 spiro atoms. The zero-order valence-corrected chi connectivity index (χ0v) is 19.3. The minimum atomic E-state index is -0.867.